The number of carboxylic acids is 1. The van der Waals surface area contributed by atoms with Gasteiger partial charge in [-0.15, -0.1) is 0 Å². The first-order valence-corrected chi connectivity index (χ1v) is 5.52. The van der Waals surface area contributed by atoms with Crippen molar-refractivity contribution < 1.29 is 27.6 Å². The van der Waals surface area contributed by atoms with Crippen LogP contribution in [0.5, 0.6) is 0 Å². The average Bonchev–Trinajstić information content (AvgIpc) is 2.40. The molecule has 1 heterocycles. The Labute approximate surface area is 114 Å². The molecule has 0 aliphatic rings. The van der Waals surface area contributed by atoms with Crippen LogP contribution in [0.1, 0.15) is 24.3 Å². The molecule has 0 saturated carbocycles. The smallest absolute Gasteiger partial charge is 0.762 e. The zero-order chi connectivity index (χ0) is 14.8. The normalized spacial score (nSPS) is 8.25. The van der Waals surface area contributed by atoms with Crippen LogP contribution >= 0.6 is 0 Å². The molecule has 0 radical (unpaired) electrons. The number of para-hydroxylation sites is 1. The Morgan fingerprint density at radius 2 is 1.60 bits per heavy atom. The molecule has 0 aliphatic heterocycles. The number of benzene rings is 1. The highest BCUT2D eigenvalue weighted by molar-refractivity contribution is 6.33. The van der Waals surface area contributed by atoms with Crippen molar-refractivity contribution in [3.05, 3.63) is 42.1 Å². The van der Waals surface area contributed by atoms with Crippen LogP contribution in [0.25, 0.3) is 10.9 Å². The molecule has 3 nitrogen and oxygen atoms in total. The molecule has 0 aliphatic carbocycles. The summed E-state index contributed by atoms with van der Waals surface area (Å²) in [6, 6.07) is 10.7. The third kappa shape index (κ3) is 7.35. The van der Waals surface area contributed by atoms with Gasteiger partial charge in [-0.1, -0.05) is 38.1 Å². The molecule has 20 heavy (non-hydrogen) atoms. The van der Waals surface area contributed by atoms with Crippen molar-refractivity contribution in [2.75, 3.05) is 0 Å². The van der Waals surface area contributed by atoms with Gasteiger partial charge >= 0.3 is 13.5 Å². The predicted molar refractivity (Wildman–Crippen MR) is 69.1 cm³/mol. The molecule has 2 rings (SSSR count). The number of aromatic carboxylic acids is 1. The van der Waals surface area contributed by atoms with E-state index in [0.717, 1.165) is 5.39 Å². The fourth-order valence-corrected chi connectivity index (χ4v) is 1.19. The van der Waals surface area contributed by atoms with Crippen LogP contribution < -0.4 is 4.70 Å². The van der Waals surface area contributed by atoms with Crippen LogP contribution in [-0.4, -0.2) is 23.6 Å². The van der Waals surface area contributed by atoms with Crippen molar-refractivity contribution in [3.8, 4) is 0 Å². The first-order valence-electron chi connectivity index (χ1n) is 5.52. The largest absolute Gasteiger partial charge is 1.00 e. The standard InChI is InChI=1S/C10H7NO2.C2H6.BF3.FH/c12-10(13)9-6-5-7-3-1-2-4-8(7)11-9;1-2;2-1(3)4;/h1-6H,(H,12,13);1-2H3;;1H/p-1. The van der Waals surface area contributed by atoms with Gasteiger partial charge in [0.05, 0.1) is 5.52 Å². The van der Waals surface area contributed by atoms with Gasteiger partial charge in [0.1, 0.15) is 5.69 Å². The molecule has 1 aromatic heterocycles. The summed E-state index contributed by atoms with van der Waals surface area (Å²) in [6.07, 6.45) is 0. The number of hydrogen-bond acceptors (Lipinski definition) is 2. The molecule has 0 unspecified atom stereocenters. The van der Waals surface area contributed by atoms with Crippen molar-refractivity contribution in [1.29, 1.82) is 0 Å². The van der Waals surface area contributed by atoms with Crippen LogP contribution in [0.15, 0.2) is 36.4 Å². The van der Waals surface area contributed by atoms with Gasteiger partial charge < -0.3 is 9.81 Å². The topological polar surface area (TPSA) is 50.2 Å². The third-order valence-electron chi connectivity index (χ3n) is 1.82. The van der Waals surface area contributed by atoms with E-state index in [2.05, 4.69) is 4.98 Å². The van der Waals surface area contributed by atoms with E-state index in [9.17, 15) is 17.7 Å². The van der Waals surface area contributed by atoms with Gasteiger partial charge in [0.15, 0.2) is 0 Å². The molecular weight excluding hydrogens is 277 g/mol. The fourth-order valence-electron chi connectivity index (χ4n) is 1.19. The third-order valence-corrected chi connectivity index (χ3v) is 1.82. The minimum atomic E-state index is -3.67. The first kappa shape index (κ1) is 20.2. The zero-order valence-corrected chi connectivity index (χ0v) is 10.9. The van der Waals surface area contributed by atoms with Gasteiger partial charge in [-0.2, -0.15) is 0 Å². The van der Waals surface area contributed by atoms with Crippen molar-refractivity contribution in [3.63, 3.8) is 0 Å². The quantitative estimate of drug-likeness (QED) is 0.625. The Morgan fingerprint density at radius 1 is 1.10 bits per heavy atom. The summed E-state index contributed by atoms with van der Waals surface area (Å²) >= 11 is 0. The first-order chi connectivity index (χ1) is 9.00. The molecule has 0 amide bonds. The fraction of sp³-hybridized carbons (Fsp3) is 0.167. The lowest BCUT2D eigenvalue weighted by atomic mass is 10.2. The molecule has 0 fully saturated rings. The Hall–Kier alpha value is -2.12. The number of carboxylic acid groups (broad SMARTS) is 1. The summed E-state index contributed by atoms with van der Waals surface area (Å²) in [5, 5.41) is 9.63. The van der Waals surface area contributed by atoms with E-state index >= 15 is 0 Å². The minimum absolute atomic E-state index is 0. The molecular formula is C12H13BF4NO2-. The van der Waals surface area contributed by atoms with E-state index in [1.165, 1.54) is 6.07 Å². The number of aromatic nitrogens is 1. The Kier molecular flexibility index (Phi) is 10.9. The average molecular weight is 290 g/mol. The van der Waals surface area contributed by atoms with Gasteiger partial charge in [0.25, 0.3) is 0 Å². The van der Waals surface area contributed by atoms with E-state index in [-0.39, 0.29) is 10.4 Å². The van der Waals surface area contributed by atoms with Crippen LogP contribution in [0, 0.1) is 0 Å². The molecule has 0 spiro atoms. The maximum Gasteiger partial charge on any atom is 0.762 e. The second kappa shape index (κ2) is 10.8. The number of nitrogens with zero attached hydrogens (tertiary/aromatic N) is 1. The Morgan fingerprint density at radius 3 is 2.10 bits per heavy atom. The lowest BCUT2D eigenvalue weighted by molar-refractivity contribution is -0.0000221. The zero-order valence-electron chi connectivity index (χ0n) is 10.9. The van der Waals surface area contributed by atoms with Gasteiger partial charge in [-0.3, -0.25) is 12.9 Å². The Bertz CT molecular complexity index is 523. The Balaban J connectivity index is 0. The molecule has 1 N–H and O–H groups in total. The van der Waals surface area contributed by atoms with Crippen LogP contribution in [-0.2, 0) is 0 Å². The van der Waals surface area contributed by atoms with Gasteiger partial charge in [-0.25, -0.2) is 9.78 Å². The van der Waals surface area contributed by atoms with E-state index < -0.39 is 13.5 Å². The molecule has 0 saturated heterocycles. The highest BCUT2D eigenvalue weighted by Crippen LogP contribution is 2.11. The molecule has 2 aromatic rings. The number of hydrogen-bond donors (Lipinski definition) is 1. The van der Waals surface area contributed by atoms with E-state index in [0.29, 0.717) is 5.52 Å². The molecule has 8 heteroatoms. The monoisotopic (exact) mass is 290 g/mol. The van der Waals surface area contributed by atoms with Gasteiger partial charge in [0.2, 0.25) is 0 Å². The highest BCUT2D eigenvalue weighted by Gasteiger charge is 2.06. The second-order valence-corrected chi connectivity index (χ2v) is 2.94. The van der Waals surface area contributed by atoms with Gasteiger partial charge in [0, 0.05) is 5.39 Å². The maximum atomic E-state index is 10.6. The molecule has 110 valence electrons. The van der Waals surface area contributed by atoms with Crippen LogP contribution in [0.2, 0.25) is 0 Å². The summed E-state index contributed by atoms with van der Waals surface area (Å²) in [4.78, 5) is 14.6. The number of rotatable bonds is 1. The highest BCUT2D eigenvalue weighted by atomic mass is 19.4. The minimum Gasteiger partial charge on any atom is -1.00 e. The van der Waals surface area contributed by atoms with Crippen molar-refractivity contribution in [1.82, 2.24) is 4.98 Å². The number of fused-ring (bicyclic) bond motifs is 1. The van der Waals surface area contributed by atoms with E-state index in [1.807, 2.05) is 32.0 Å². The molecule has 0 atom stereocenters. The molecule has 1 aromatic carbocycles. The predicted octanol–water partition coefficient (Wildman–Crippen LogP) is 0.843. The SMILES string of the molecule is CC.FB(F)F.O=C(O)c1ccc2ccccc2n1.[F-]. The van der Waals surface area contributed by atoms with Crippen LogP contribution in [0.3, 0.4) is 0 Å². The van der Waals surface area contributed by atoms with Crippen LogP contribution in [0.4, 0.5) is 12.9 Å². The summed E-state index contributed by atoms with van der Waals surface area (Å²) in [5.74, 6) is -0.995. The summed E-state index contributed by atoms with van der Waals surface area (Å²) in [5.41, 5.74) is 0.793. The summed E-state index contributed by atoms with van der Waals surface area (Å²) < 4.78 is 29.0. The number of carbonyl (C=O) groups is 1. The van der Waals surface area contributed by atoms with Gasteiger partial charge in [-0.05, 0) is 12.1 Å². The van der Waals surface area contributed by atoms with E-state index in [1.54, 1.807) is 12.1 Å². The number of halogens is 4. The second-order valence-electron chi connectivity index (χ2n) is 2.94. The lowest BCUT2D eigenvalue weighted by Gasteiger charge is -1.97. The van der Waals surface area contributed by atoms with Crippen molar-refractivity contribution in [2.24, 2.45) is 0 Å². The maximum absolute atomic E-state index is 10.6. The summed E-state index contributed by atoms with van der Waals surface area (Å²) in [7, 11) is -3.67. The van der Waals surface area contributed by atoms with Crippen molar-refractivity contribution >= 4 is 24.4 Å². The molecule has 0 bridgehead atoms. The summed E-state index contributed by atoms with van der Waals surface area (Å²) in [6.45, 7) is 4.00. The lowest BCUT2D eigenvalue weighted by Crippen LogP contribution is -3.00. The number of pyridine rings is 1. The van der Waals surface area contributed by atoms with Crippen molar-refractivity contribution in [2.45, 2.75) is 13.8 Å². The van der Waals surface area contributed by atoms with E-state index in [4.69, 9.17) is 5.11 Å².